The Morgan fingerprint density at radius 3 is 2.64 bits per heavy atom. The van der Waals surface area contributed by atoms with Gasteiger partial charge in [0.1, 0.15) is 11.6 Å². The Labute approximate surface area is 129 Å². The first kappa shape index (κ1) is 15.9. The van der Waals surface area contributed by atoms with Crippen molar-refractivity contribution in [2.45, 2.75) is 26.8 Å². The van der Waals surface area contributed by atoms with E-state index in [-0.39, 0.29) is 11.7 Å². The van der Waals surface area contributed by atoms with Gasteiger partial charge in [-0.25, -0.2) is 9.37 Å². The van der Waals surface area contributed by atoms with E-state index in [0.717, 1.165) is 5.69 Å². The van der Waals surface area contributed by atoms with Gasteiger partial charge in [0.2, 0.25) is 5.91 Å². The molecule has 0 spiro atoms. The molecule has 2 aromatic rings. The van der Waals surface area contributed by atoms with Gasteiger partial charge in [0.05, 0.1) is 11.9 Å². The maximum absolute atomic E-state index is 13.5. The van der Waals surface area contributed by atoms with Crippen LogP contribution in [0.1, 0.15) is 25.8 Å². The summed E-state index contributed by atoms with van der Waals surface area (Å²) in [7, 11) is 0. The zero-order chi connectivity index (χ0) is 15.9. The molecule has 0 aliphatic rings. The van der Waals surface area contributed by atoms with Crippen LogP contribution < -0.4 is 10.6 Å². The quantitative estimate of drug-likeness (QED) is 0.853. The average Bonchev–Trinajstić information content (AvgIpc) is 2.47. The highest BCUT2D eigenvalue weighted by Gasteiger charge is 2.06. The molecule has 22 heavy (non-hydrogen) atoms. The molecule has 0 aliphatic heterocycles. The van der Waals surface area contributed by atoms with Gasteiger partial charge >= 0.3 is 0 Å². The first-order valence-electron chi connectivity index (χ1n) is 7.28. The Bertz CT molecular complexity index is 626. The maximum Gasteiger partial charge on any atom is 0.225 e. The fraction of sp³-hybridized carbons (Fsp3) is 0.294. The van der Waals surface area contributed by atoms with Crippen LogP contribution in [0.5, 0.6) is 0 Å². The second-order valence-corrected chi connectivity index (χ2v) is 5.52. The number of amides is 1. The van der Waals surface area contributed by atoms with Gasteiger partial charge in [-0.15, -0.1) is 0 Å². The molecule has 0 unspecified atom stereocenters. The summed E-state index contributed by atoms with van der Waals surface area (Å²) in [6, 6.07) is 10.2. The zero-order valence-electron chi connectivity index (χ0n) is 12.8. The van der Waals surface area contributed by atoms with E-state index in [1.165, 1.54) is 6.07 Å². The van der Waals surface area contributed by atoms with E-state index < -0.39 is 0 Å². The van der Waals surface area contributed by atoms with Crippen LogP contribution in [-0.2, 0) is 11.3 Å². The topological polar surface area (TPSA) is 54.0 Å². The smallest absolute Gasteiger partial charge is 0.225 e. The molecule has 0 aliphatic carbocycles. The summed E-state index contributed by atoms with van der Waals surface area (Å²) >= 11 is 0. The number of aromatic nitrogens is 1. The Hall–Kier alpha value is -2.43. The summed E-state index contributed by atoms with van der Waals surface area (Å²) in [6.45, 7) is 4.36. The number of carbonyl (C=O) groups is 1. The average molecular weight is 301 g/mol. The van der Waals surface area contributed by atoms with Crippen LogP contribution >= 0.6 is 0 Å². The van der Waals surface area contributed by atoms with Crippen LogP contribution in [0.15, 0.2) is 42.6 Å². The summed E-state index contributed by atoms with van der Waals surface area (Å²) in [5, 5.41) is 5.84. The maximum atomic E-state index is 13.5. The normalized spacial score (nSPS) is 10.5. The van der Waals surface area contributed by atoms with Gasteiger partial charge in [0.25, 0.3) is 0 Å². The summed E-state index contributed by atoms with van der Waals surface area (Å²) < 4.78 is 13.5. The van der Waals surface area contributed by atoms with Gasteiger partial charge in [-0.3, -0.25) is 4.79 Å². The minimum Gasteiger partial charge on any atom is -0.380 e. The number of rotatable bonds is 6. The van der Waals surface area contributed by atoms with Crippen molar-refractivity contribution in [2.75, 3.05) is 10.6 Å². The molecule has 0 fully saturated rings. The van der Waals surface area contributed by atoms with Gasteiger partial charge in [-0.1, -0.05) is 32.0 Å². The van der Waals surface area contributed by atoms with Crippen molar-refractivity contribution in [2.24, 2.45) is 5.92 Å². The molecule has 116 valence electrons. The van der Waals surface area contributed by atoms with E-state index in [1.807, 2.05) is 13.8 Å². The molecule has 1 amide bonds. The van der Waals surface area contributed by atoms with Crippen molar-refractivity contribution < 1.29 is 9.18 Å². The van der Waals surface area contributed by atoms with Gasteiger partial charge in [-0.05, 0) is 24.1 Å². The monoisotopic (exact) mass is 301 g/mol. The van der Waals surface area contributed by atoms with Crippen LogP contribution in [-0.4, -0.2) is 10.9 Å². The van der Waals surface area contributed by atoms with Crippen LogP contribution in [0.3, 0.4) is 0 Å². The third-order valence-electron chi connectivity index (χ3n) is 3.07. The Morgan fingerprint density at radius 1 is 1.23 bits per heavy atom. The molecule has 5 heteroatoms. The third kappa shape index (κ3) is 4.84. The van der Waals surface area contributed by atoms with Crippen molar-refractivity contribution in [1.82, 2.24) is 4.98 Å². The lowest BCUT2D eigenvalue weighted by Gasteiger charge is -2.09. The van der Waals surface area contributed by atoms with Gasteiger partial charge in [0, 0.05) is 18.5 Å². The lowest BCUT2D eigenvalue weighted by molar-refractivity contribution is -0.116. The van der Waals surface area contributed by atoms with E-state index in [2.05, 4.69) is 15.6 Å². The summed E-state index contributed by atoms with van der Waals surface area (Å²) in [5.41, 5.74) is 1.36. The standard InChI is InChI=1S/C17H20FN3O/c1-12(2)9-17(22)21-16-8-7-14(11-20-16)19-10-13-5-3-4-6-15(13)18/h3-8,11-12,19H,9-10H2,1-2H3,(H,20,21,22). The van der Waals surface area contributed by atoms with Crippen LogP contribution in [0, 0.1) is 11.7 Å². The molecular weight excluding hydrogens is 281 g/mol. The highest BCUT2D eigenvalue weighted by molar-refractivity contribution is 5.89. The number of benzene rings is 1. The molecule has 0 bridgehead atoms. The SMILES string of the molecule is CC(C)CC(=O)Nc1ccc(NCc2ccccc2F)cn1. The van der Waals surface area contributed by atoms with Crippen molar-refractivity contribution in [1.29, 1.82) is 0 Å². The molecule has 0 radical (unpaired) electrons. The predicted octanol–water partition coefficient (Wildman–Crippen LogP) is 3.82. The lowest BCUT2D eigenvalue weighted by Crippen LogP contribution is -2.14. The van der Waals surface area contributed by atoms with E-state index >= 15 is 0 Å². The molecule has 2 rings (SSSR count). The van der Waals surface area contributed by atoms with Gasteiger partial charge in [-0.2, -0.15) is 0 Å². The number of anilines is 2. The van der Waals surface area contributed by atoms with Crippen LogP contribution in [0.4, 0.5) is 15.9 Å². The molecule has 2 N–H and O–H groups in total. The molecular formula is C17H20FN3O. The first-order chi connectivity index (χ1) is 10.5. The number of nitrogens with zero attached hydrogens (tertiary/aromatic N) is 1. The summed E-state index contributed by atoms with van der Waals surface area (Å²) in [5.74, 6) is 0.541. The van der Waals surface area contributed by atoms with Crippen molar-refractivity contribution in [3.05, 3.63) is 54.0 Å². The van der Waals surface area contributed by atoms with E-state index in [1.54, 1.807) is 36.5 Å². The minimum absolute atomic E-state index is 0.0467. The highest BCUT2D eigenvalue weighted by atomic mass is 19.1. The van der Waals surface area contributed by atoms with Crippen LogP contribution in [0.25, 0.3) is 0 Å². The Morgan fingerprint density at radius 2 is 2.00 bits per heavy atom. The van der Waals surface area contributed by atoms with Gasteiger partial charge in [0.15, 0.2) is 0 Å². The number of hydrogen-bond donors (Lipinski definition) is 2. The second-order valence-electron chi connectivity index (χ2n) is 5.52. The molecule has 0 saturated heterocycles. The lowest BCUT2D eigenvalue weighted by atomic mass is 10.1. The van der Waals surface area contributed by atoms with Crippen molar-refractivity contribution >= 4 is 17.4 Å². The first-order valence-corrected chi connectivity index (χ1v) is 7.28. The van der Waals surface area contributed by atoms with E-state index in [4.69, 9.17) is 0 Å². The molecule has 0 saturated carbocycles. The predicted molar refractivity (Wildman–Crippen MR) is 86.0 cm³/mol. The number of nitrogens with one attached hydrogen (secondary N) is 2. The number of halogens is 1. The summed E-state index contributed by atoms with van der Waals surface area (Å²) in [6.07, 6.45) is 2.08. The molecule has 1 aromatic carbocycles. The molecule has 0 atom stereocenters. The Kier molecular flexibility index (Phi) is 5.47. The van der Waals surface area contributed by atoms with E-state index in [9.17, 15) is 9.18 Å². The third-order valence-corrected chi connectivity index (χ3v) is 3.07. The number of pyridine rings is 1. The fourth-order valence-corrected chi connectivity index (χ4v) is 1.98. The van der Waals surface area contributed by atoms with Crippen molar-refractivity contribution in [3.63, 3.8) is 0 Å². The number of hydrogen-bond acceptors (Lipinski definition) is 3. The zero-order valence-corrected chi connectivity index (χ0v) is 12.8. The van der Waals surface area contributed by atoms with Crippen LogP contribution in [0.2, 0.25) is 0 Å². The molecule has 1 heterocycles. The minimum atomic E-state index is -0.236. The summed E-state index contributed by atoms with van der Waals surface area (Å²) in [4.78, 5) is 15.8. The Balaban J connectivity index is 1.89. The largest absolute Gasteiger partial charge is 0.380 e. The second kappa shape index (κ2) is 7.54. The molecule has 4 nitrogen and oxygen atoms in total. The van der Waals surface area contributed by atoms with Gasteiger partial charge < -0.3 is 10.6 Å². The number of carbonyl (C=O) groups excluding carboxylic acids is 1. The highest BCUT2D eigenvalue weighted by Crippen LogP contribution is 2.13. The fourth-order valence-electron chi connectivity index (χ4n) is 1.98. The van der Waals surface area contributed by atoms with E-state index in [0.29, 0.717) is 30.3 Å². The van der Waals surface area contributed by atoms with Crippen molar-refractivity contribution in [3.8, 4) is 0 Å². The molecule has 1 aromatic heterocycles.